The van der Waals surface area contributed by atoms with Crippen molar-refractivity contribution in [3.05, 3.63) is 0 Å². The van der Waals surface area contributed by atoms with E-state index in [1.807, 2.05) is 0 Å². The average molecular weight is 155 g/mol. The average Bonchev–Trinajstić information content (AvgIpc) is 2.04. The third-order valence-electron chi connectivity index (χ3n) is 2.49. The lowest BCUT2D eigenvalue weighted by molar-refractivity contribution is -0.126. The summed E-state index contributed by atoms with van der Waals surface area (Å²) in [6, 6.07) is 0.394. The number of nitrogens with zero attached hydrogens (tertiary/aromatic N) is 1. The fraction of sp³-hybridized carbons (Fsp3) is 0.875. The molecule has 2 heterocycles. The van der Waals surface area contributed by atoms with Gasteiger partial charge in [-0.25, -0.2) is 0 Å². The van der Waals surface area contributed by atoms with E-state index in [1.165, 1.54) is 0 Å². The van der Waals surface area contributed by atoms with Crippen LogP contribution >= 0.6 is 0 Å². The minimum absolute atomic E-state index is 0.394. The molecule has 2 fully saturated rings. The molecule has 0 bridgehead atoms. The van der Waals surface area contributed by atoms with Crippen molar-refractivity contribution in [2.45, 2.75) is 18.9 Å². The van der Waals surface area contributed by atoms with Gasteiger partial charge in [-0.15, -0.1) is 0 Å². The second-order valence-corrected chi connectivity index (χ2v) is 3.26. The SMILES string of the molecule is O=C1CCN2CCOC[C@@H]2C1. The Bertz CT molecular complexity index is 169. The van der Waals surface area contributed by atoms with E-state index in [-0.39, 0.29) is 0 Å². The molecule has 0 saturated carbocycles. The molecule has 0 N–H and O–H groups in total. The van der Waals surface area contributed by atoms with Crippen LogP contribution in [0.25, 0.3) is 0 Å². The first-order valence-electron chi connectivity index (χ1n) is 4.20. The molecule has 62 valence electrons. The summed E-state index contributed by atoms with van der Waals surface area (Å²) in [5, 5.41) is 0. The van der Waals surface area contributed by atoms with Crippen molar-refractivity contribution in [1.82, 2.24) is 4.90 Å². The molecule has 2 rings (SSSR count). The van der Waals surface area contributed by atoms with Crippen molar-refractivity contribution >= 4 is 5.78 Å². The van der Waals surface area contributed by atoms with E-state index < -0.39 is 0 Å². The summed E-state index contributed by atoms with van der Waals surface area (Å²) in [5.41, 5.74) is 0. The van der Waals surface area contributed by atoms with Crippen LogP contribution in [0.2, 0.25) is 0 Å². The fourth-order valence-corrected chi connectivity index (χ4v) is 1.80. The van der Waals surface area contributed by atoms with Crippen LogP contribution in [0.1, 0.15) is 12.8 Å². The molecule has 0 aliphatic carbocycles. The zero-order valence-electron chi connectivity index (χ0n) is 6.58. The summed E-state index contributed by atoms with van der Waals surface area (Å²) < 4.78 is 5.29. The van der Waals surface area contributed by atoms with Crippen molar-refractivity contribution in [3.63, 3.8) is 0 Å². The summed E-state index contributed by atoms with van der Waals surface area (Å²) in [6.45, 7) is 3.56. The van der Waals surface area contributed by atoms with Gasteiger partial charge in [0.15, 0.2) is 0 Å². The van der Waals surface area contributed by atoms with Crippen LogP contribution in [0.15, 0.2) is 0 Å². The second-order valence-electron chi connectivity index (χ2n) is 3.26. The molecule has 1 atom stereocenters. The number of hydrogen-bond donors (Lipinski definition) is 0. The number of rotatable bonds is 0. The zero-order valence-corrected chi connectivity index (χ0v) is 6.58. The third-order valence-corrected chi connectivity index (χ3v) is 2.49. The topological polar surface area (TPSA) is 29.5 Å². The Labute approximate surface area is 66.3 Å². The first-order chi connectivity index (χ1) is 5.36. The van der Waals surface area contributed by atoms with Gasteiger partial charge < -0.3 is 4.74 Å². The van der Waals surface area contributed by atoms with Crippen molar-refractivity contribution < 1.29 is 9.53 Å². The van der Waals surface area contributed by atoms with Gasteiger partial charge in [-0.1, -0.05) is 0 Å². The number of fused-ring (bicyclic) bond motifs is 1. The first-order valence-corrected chi connectivity index (χ1v) is 4.20. The smallest absolute Gasteiger partial charge is 0.135 e. The monoisotopic (exact) mass is 155 g/mol. The largest absolute Gasteiger partial charge is 0.378 e. The van der Waals surface area contributed by atoms with Crippen molar-refractivity contribution in [3.8, 4) is 0 Å². The summed E-state index contributed by atoms with van der Waals surface area (Å²) in [5.74, 6) is 0.400. The second kappa shape index (κ2) is 2.91. The molecular weight excluding hydrogens is 142 g/mol. The lowest BCUT2D eigenvalue weighted by atomic mass is 10.0. The van der Waals surface area contributed by atoms with Gasteiger partial charge in [0, 0.05) is 32.0 Å². The highest BCUT2D eigenvalue weighted by molar-refractivity contribution is 5.80. The number of carbonyl (C=O) groups is 1. The molecule has 0 aromatic heterocycles. The molecule has 3 heteroatoms. The molecule has 3 nitrogen and oxygen atoms in total. The highest BCUT2D eigenvalue weighted by Crippen LogP contribution is 2.16. The van der Waals surface area contributed by atoms with Crippen LogP contribution in [0, 0.1) is 0 Å². The van der Waals surface area contributed by atoms with Crippen molar-refractivity contribution in [1.29, 1.82) is 0 Å². The van der Waals surface area contributed by atoms with E-state index in [2.05, 4.69) is 4.90 Å². The van der Waals surface area contributed by atoms with Crippen LogP contribution in [-0.4, -0.2) is 43.0 Å². The van der Waals surface area contributed by atoms with Gasteiger partial charge in [0.2, 0.25) is 0 Å². The van der Waals surface area contributed by atoms with E-state index in [0.29, 0.717) is 18.2 Å². The molecule has 0 radical (unpaired) electrons. The predicted molar refractivity (Wildman–Crippen MR) is 40.4 cm³/mol. The van der Waals surface area contributed by atoms with E-state index in [0.717, 1.165) is 32.7 Å². The summed E-state index contributed by atoms with van der Waals surface area (Å²) in [6.07, 6.45) is 1.45. The molecule has 11 heavy (non-hydrogen) atoms. The van der Waals surface area contributed by atoms with Crippen LogP contribution in [0.5, 0.6) is 0 Å². The van der Waals surface area contributed by atoms with Crippen LogP contribution in [0.4, 0.5) is 0 Å². The Hall–Kier alpha value is -0.410. The number of Topliss-reactive ketones (excluding diaryl/α,β-unsaturated/α-hetero) is 1. The van der Waals surface area contributed by atoms with Crippen molar-refractivity contribution in [2.24, 2.45) is 0 Å². The summed E-state index contributed by atoms with van der Waals surface area (Å²) >= 11 is 0. The molecule has 0 aromatic rings. The van der Waals surface area contributed by atoms with Gasteiger partial charge in [0.05, 0.1) is 13.2 Å². The van der Waals surface area contributed by atoms with Crippen LogP contribution < -0.4 is 0 Å². The zero-order chi connectivity index (χ0) is 7.68. The van der Waals surface area contributed by atoms with E-state index >= 15 is 0 Å². The van der Waals surface area contributed by atoms with Crippen LogP contribution in [0.3, 0.4) is 0 Å². The van der Waals surface area contributed by atoms with E-state index in [4.69, 9.17) is 4.74 Å². The quantitative estimate of drug-likeness (QED) is 0.495. The Balaban J connectivity index is 1.98. The molecule has 2 aliphatic heterocycles. The molecular formula is C8H13NO2. The Morgan fingerprint density at radius 3 is 3.27 bits per heavy atom. The number of carbonyl (C=O) groups excluding carboxylic acids is 1. The number of piperidine rings is 1. The highest BCUT2D eigenvalue weighted by atomic mass is 16.5. The van der Waals surface area contributed by atoms with Crippen LogP contribution in [-0.2, 0) is 9.53 Å². The predicted octanol–water partition coefficient (Wildman–Crippen LogP) is 0.0501. The maximum absolute atomic E-state index is 11.0. The normalized spacial score (nSPS) is 33.5. The molecule has 0 aromatic carbocycles. The van der Waals surface area contributed by atoms with Gasteiger partial charge in [-0.2, -0.15) is 0 Å². The van der Waals surface area contributed by atoms with Gasteiger partial charge in [0.1, 0.15) is 5.78 Å². The molecule has 0 unspecified atom stereocenters. The van der Waals surface area contributed by atoms with Crippen molar-refractivity contribution in [2.75, 3.05) is 26.3 Å². The first kappa shape index (κ1) is 7.25. The summed E-state index contributed by atoms with van der Waals surface area (Å²) in [7, 11) is 0. The number of ketones is 1. The van der Waals surface area contributed by atoms with Gasteiger partial charge in [0.25, 0.3) is 0 Å². The number of hydrogen-bond acceptors (Lipinski definition) is 3. The molecule has 2 saturated heterocycles. The third kappa shape index (κ3) is 1.44. The minimum Gasteiger partial charge on any atom is -0.378 e. The highest BCUT2D eigenvalue weighted by Gasteiger charge is 2.29. The summed E-state index contributed by atoms with van der Waals surface area (Å²) in [4.78, 5) is 13.4. The van der Waals surface area contributed by atoms with Gasteiger partial charge in [-0.05, 0) is 0 Å². The Morgan fingerprint density at radius 2 is 2.36 bits per heavy atom. The van der Waals surface area contributed by atoms with E-state index in [9.17, 15) is 4.79 Å². The van der Waals surface area contributed by atoms with E-state index in [1.54, 1.807) is 0 Å². The maximum Gasteiger partial charge on any atom is 0.135 e. The minimum atomic E-state index is 0.394. The maximum atomic E-state index is 11.0. The molecule has 0 spiro atoms. The molecule has 2 aliphatic rings. The Morgan fingerprint density at radius 1 is 1.45 bits per heavy atom. The van der Waals surface area contributed by atoms with Gasteiger partial charge in [-0.3, -0.25) is 9.69 Å². The number of ether oxygens (including phenoxy) is 1. The standard InChI is InChI=1S/C8H13NO2/c10-8-1-2-9-3-4-11-6-7(9)5-8/h7H,1-6H2/t7-/m0/s1. The lowest BCUT2D eigenvalue weighted by Crippen LogP contribution is -2.50. The van der Waals surface area contributed by atoms with Gasteiger partial charge >= 0.3 is 0 Å². The fourth-order valence-electron chi connectivity index (χ4n) is 1.80. The Kier molecular flexibility index (Phi) is 1.92. The number of morpholine rings is 1. The lowest BCUT2D eigenvalue weighted by Gasteiger charge is -2.38. The molecule has 0 amide bonds.